The quantitative estimate of drug-likeness (QED) is 0.568. The molecule has 1 rings (SSSR count). The third-order valence-corrected chi connectivity index (χ3v) is 3.60. The van der Waals surface area contributed by atoms with Crippen LogP contribution in [-0.4, -0.2) is 34.5 Å². The molecular weight excluding hydrogens is 242 g/mol. The van der Waals surface area contributed by atoms with E-state index in [4.69, 9.17) is 11.5 Å². The smallest absolute Gasteiger partial charge is 0.303 e. The van der Waals surface area contributed by atoms with E-state index in [1.807, 2.05) is 4.90 Å². The molecule has 1 amide bonds. The maximum atomic E-state index is 12.1. The monoisotopic (exact) mass is 265 g/mol. The molecule has 0 saturated carbocycles. The van der Waals surface area contributed by atoms with E-state index in [1.165, 1.54) is 0 Å². The molecule has 4 nitrogen and oxygen atoms in total. The maximum absolute atomic E-state index is 12.1. The molecule has 0 aliphatic carbocycles. The molecule has 0 aromatic heterocycles. The maximum Gasteiger partial charge on any atom is 0.303 e. The molecule has 0 aromatic rings. The summed E-state index contributed by atoms with van der Waals surface area (Å²) in [7, 11) is 0. The van der Waals surface area contributed by atoms with Gasteiger partial charge in [-0.2, -0.15) is 0 Å². The SMILES string of the molecule is C#CCCCCC(=O)N1CCCCC1CCC(=O)O. The molecule has 1 fully saturated rings. The molecule has 19 heavy (non-hydrogen) atoms. The number of rotatable bonds is 7. The molecule has 1 atom stereocenters. The molecule has 1 unspecified atom stereocenters. The van der Waals surface area contributed by atoms with Crippen molar-refractivity contribution in [3.8, 4) is 12.3 Å². The van der Waals surface area contributed by atoms with Gasteiger partial charge < -0.3 is 10.0 Å². The number of hydrogen-bond acceptors (Lipinski definition) is 2. The van der Waals surface area contributed by atoms with Gasteiger partial charge in [0.05, 0.1) is 0 Å². The summed E-state index contributed by atoms with van der Waals surface area (Å²) < 4.78 is 0. The van der Waals surface area contributed by atoms with Crippen LogP contribution in [0.3, 0.4) is 0 Å². The van der Waals surface area contributed by atoms with Crippen molar-refractivity contribution in [3.05, 3.63) is 0 Å². The third-order valence-electron chi connectivity index (χ3n) is 3.60. The Hall–Kier alpha value is -1.50. The van der Waals surface area contributed by atoms with Gasteiger partial charge in [0.2, 0.25) is 5.91 Å². The van der Waals surface area contributed by atoms with Crippen molar-refractivity contribution in [2.45, 2.75) is 63.8 Å². The zero-order valence-corrected chi connectivity index (χ0v) is 11.4. The minimum atomic E-state index is -0.785. The van der Waals surface area contributed by atoms with Gasteiger partial charge in [0, 0.05) is 31.8 Å². The molecule has 0 radical (unpaired) electrons. The topological polar surface area (TPSA) is 57.6 Å². The number of hydrogen-bond donors (Lipinski definition) is 1. The van der Waals surface area contributed by atoms with Crippen LogP contribution in [0.2, 0.25) is 0 Å². The Labute approximate surface area is 115 Å². The summed E-state index contributed by atoms with van der Waals surface area (Å²) >= 11 is 0. The number of carboxylic acid groups (broad SMARTS) is 1. The van der Waals surface area contributed by atoms with Crippen molar-refractivity contribution in [3.63, 3.8) is 0 Å². The van der Waals surface area contributed by atoms with Gasteiger partial charge >= 0.3 is 5.97 Å². The van der Waals surface area contributed by atoms with E-state index in [0.29, 0.717) is 12.8 Å². The minimum absolute atomic E-state index is 0.116. The fraction of sp³-hybridized carbons (Fsp3) is 0.733. The fourth-order valence-electron chi connectivity index (χ4n) is 2.57. The van der Waals surface area contributed by atoms with Gasteiger partial charge in [-0.25, -0.2) is 0 Å². The highest BCUT2D eigenvalue weighted by atomic mass is 16.4. The lowest BCUT2D eigenvalue weighted by atomic mass is 9.97. The summed E-state index contributed by atoms with van der Waals surface area (Å²) in [6.45, 7) is 0.776. The molecule has 1 saturated heterocycles. The lowest BCUT2D eigenvalue weighted by Crippen LogP contribution is -2.43. The number of nitrogens with zero attached hydrogens (tertiary/aromatic N) is 1. The third kappa shape index (κ3) is 5.78. The second-order valence-corrected chi connectivity index (χ2v) is 5.08. The number of carboxylic acids is 1. The number of carbonyl (C=O) groups is 2. The van der Waals surface area contributed by atoms with E-state index < -0.39 is 5.97 Å². The summed E-state index contributed by atoms with van der Waals surface area (Å²) in [5, 5.41) is 8.75. The first kappa shape index (κ1) is 15.6. The number of aliphatic carboxylic acids is 1. The molecular formula is C15H23NO3. The van der Waals surface area contributed by atoms with E-state index in [-0.39, 0.29) is 18.4 Å². The van der Waals surface area contributed by atoms with E-state index >= 15 is 0 Å². The van der Waals surface area contributed by atoms with Crippen LogP contribution >= 0.6 is 0 Å². The summed E-state index contributed by atoms with van der Waals surface area (Å²) in [5.74, 6) is 1.95. The predicted molar refractivity (Wildman–Crippen MR) is 73.5 cm³/mol. The predicted octanol–water partition coefficient (Wildman–Crippen LogP) is 2.43. The molecule has 1 heterocycles. The highest BCUT2D eigenvalue weighted by Crippen LogP contribution is 2.22. The zero-order chi connectivity index (χ0) is 14.1. The molecule has 1 aliphatic rings. The number of likely N-dealkylation sites (tertiary alicyclic amines) is 1. The second-order valence-electron chi connectivity index (χ2n) is 5.08. The largest absolute Gasteiger partial charge is 0.481 e. The summed E-state index contributed by atoms with van der Waals surface area (Å²) in [5.41, 5.74) is 0. The van der Waals surface area contributed by atoms with Crippen molar-refractivity contribution in [2.75, 3.05) is 6.54 Å². The Bertz CT molecular complexity index is 346. The molecule has 1 aliphatic heterocycles. The fourth-order valence-corrected chi connectivity index (χ4v) is 2.57. The van der Waals surface area contributed by atoms with E-state index in [2.05, 4.69) is 5.92 Å². The van der Waals surface area contributed by atoms with Crippen molar-refractivity contribution in [2.24, 2.45) is 0 Å². The van der Waals surface area contributed by atoms with Crippen molar-refractivity contribution < 1.29 is 14.7 Å². The first-order valence-corrected chi connectivity index (χ1v) is 7.10. The molecule has 106 valence electrons. The Morgan fingerprint density at radius 1 is 1.26 bits per heavy atom. The van der Waals surface area contributed by atoms with E-state index in [0.717, 1.165) is 45.1 Å². The van der Waals surface area contributed by atoms with Gasteiger partial charge in [0.25, 0.3) is 0 Å². The minimum Gasteiger partial charge on any atom is -0.481 e. The van der Waals surface area contributed by atoms with Crippen LogP contribution in [0, 0.1) is 12.3 Å². The molecule has 0 bridgehead atoms. The normalized spacial score (nSPS) is 18.9. The van der Waals surface area contributed by atoms with Gasteiger partial charge in [-0.05, 0) is 38.5 Å². The first-order valence-electron chi connectivity index (χ1n) is 7.10. The van der Waals surface area contributed by atoms with Crippen LogP contribution < -0.4 is 0 Å². The van der Waals surface area contributed by atoms with Crippen LogP contribution in [0.5, 0.6) is 0 Å². The van der Waals surface area contributed by atoms with Crippen LogP contribution in [0.1, 0.15) is 57.8 Å². The molecule has 0 aromatic carbocycles. The highest BCUT2D eigenvalue weighted by Gasteiger charge is 2.26. The van der Waals surface area contributed by atoms with Gasteiger partial charge in [-0.3, -0.25) is 9.59 Å². The van der Waals surface area contributed by atoms with Crippen molar-refractivity contribution in [1.29, 1.82) is 0 Å². The number of unbranched alkanes of at least 4 members (excludes halogenated alkanes) is 2. The second kappa shape index (κ2) is 8.58. The highest BCUT2D eigenvalue weighted by molar-refractivity contribution is 5.76. The van der Waals surface area contributed by atoms with Crippen LogP contribution in [-0.2, 0) is 9.59 Å². The summed E-state index contributed by atoms with van der Waals surface area (Å²) in [4.78, 5) is 24.7. The van der Waals surface area contributed by atoms with Gasteiger partial charge in [-0.15, -0.1) is 12.3 Å². The Balaban J connectivity index is 2.39. The Morgan fingerprint density at radius 2 is 2.05 bits per heavy atom. The van der Waals surface area contributed by atoms with E-state index in [1.54, 1.807) is 0 Å². The lowest BCUT2D eigenvalue weighted by molar-refractivity contribution is -0.140. The summed E-state index contributed by atoms with van der Waals surface area (Å²) in [6.07, 6.45) is 11.9. The number of terminal acetylenes is 1. The number of piperidine rings is 1. The zero-order valence-electron chi connectivity index (χ0n) is 11.4. The number of amides is 1. The van der Waals surface area contributed by atoms with Crippen molar-refractivity contribution in [1.82, 2.24) is 4.90 Å². The average molecular weight is 265 g/mol. The van der Waals surface area contributed by atoms with Gasteiger partial charge in [-0.1, -0.05) is 0 Å². The molecule has 0 spiro atoms. The molecule has 4 heteroatoms. The van der Waals surface area contributed by atoms with Gasteiger partial charge in [0.15, 0.2) is 0 Å². The number of carbonyl (C=O) groups excluding carboxylic acids is 1. The standard InChI is InChI=1S/C15H23NO3/c1-2-3-4-5-9-14(17)16-12-7-6-8-13(16)10-11-15(18)19/h1,13H,3-12H2,(H,18,19). The summed E-state index contributed by atoms with van der Waals surface area (Å²) in [6, 6.07) is 0.116. The van der Waals surface area contributed by atoms with Crippen LogP contribution in [0.4, 0.5) is 0 Å². The van der Waals surface area contributed by atoms with Gasteiger partial charge in [0.1, 0.15) is 0 Å². The van der Waals surface area contributed by atoms with Crippen LogP contribution in [0.25, 0.3) is 0 Å². The van der Waals surface area contributed by atoms with E-state index in [9.17, 15) is 9.59 Å². The first-order chi connectivity index (χ1) is 9.15. The Kier molecular flexibility index (Phi) is 7.02. The van der Waals surface area contributed by atoms with Crippen LogP contribution in [0.15, 0.2) is 0 Å². The Morgan fingerprint density at radius 3 is 2.74 bits per heavy atom. The molecule has 1 N–H and O–H groups in total. The van der Waals surface area contributed by atoms with Crippen molar-refractivity contribution >= 4 is 11.9 Å². The lowest BCUT2D eigenvalue weighted by Gasteiger charge is -2.35. The average Bonchev–Trinajstić information content (AvgIpc) is 2.41.